The van der Waals surface area contributed by atoms with E-state index in [0.29, 0.717) is 22.0 Å². The van der Waals surface area contributed by atoms with E-state index in [1.807, 2.05) is 30.3 Å². The van der Waals surface area contributed by atoms with Crippen LogP contribution in [0.4, 0.5) is 5.13 Å². The number of benzene rings is 2. The standard InChI is InChI=1S/C24H23N3O4S2/c1-16(2)33(29,30)19-9-7-18(8-10-19)23(28)27(15-17-11-13-25-14-12-17)24-26-22-20(31-3)5-4-6-21(22)32-24/h4-14,16H,15H2,1-3H3. The fourth-order valence-corrected chi connectivity index (χ4v) is 5.34. The van der Waals surface area contributed by atoms with Gasteiger partial charge in [-0.3, -0.25) is 14.7 Å². The highest BCUT2D eigenvalue weighted by Crippen LogP contribution is 2.35. The number of methoxy groups -OCH3 is 1. The highest BCUT2D eigenvalue weighted by atomic mass is 32.2. The molecule has 1 amide bonds. The van der Waals surface area contributed by atoms with Gasteiger partial charge in [-0.15, -0.1) is 0 Å². The summed E-state index contributed by atoms with van der Waals surface area (Å²) in [7, 11) is -1.84. The van der Waals surface area contributed by atoms with Gasteiger partial charge in [0.25, 0.3) is 5.91 Å². The second-order valence-corrected chi connectivity index (χ2v) is 11.2. The van der Waals surface area contributed by atoms with E-state index in [1.54, 1.807) is 50.4 Å². The minimum Gasteiger partial charge on any atom is -0.494 e. The van der Waals surface area contributed by atoms with Crippen LogP contribution in [0, 0.1) is 0 Å². The molecule has 0 fully saturated rings. The maximum Gasteiger partial charge on any atom is 0.260 e. The zero-order valence-corrected chi connectivity index (χ0v) is 20.1. The van der Waals surface area contributed by atoms with Gasteiger partial charge in [0.05, 0.1) is 28.5 Å². The van der Waals surface area contributed by atoms with Crippen molar-refractivity contribution in [2.75, 3.05) is 12.0 Å². The summed E-state index contributed by atoms with van der Waals surface area (Å²) >= 11 is 1.39. The molecule has 9 heteroatoms. The first kappa shape index (κ1) is 22.9. The minimum absolute atomic E-state index is 0.194. The summed E-state index contributed by atoms with van der Waals surface area (Å²) < 4.78 is 31.2. The number of fused-ring (bicyclic) bond motifs is 1. The van der Waals surface area contributed by atoms with Crippen LogP contribution >= 0.6 is 11.3 Å². The molecule has 0 aliphatic carbocycles. The Morgan fingerprint density at radius 1 is 1.06 bits per heavy atom. The van der Waals surface area contributed by atoms with E-state index in [1.165, 1.54) is 23.5 Å². The van der Waals surface area contributed by atoms with Gasteiger partial charge < -0.3 is 4.74 Å². The van der Waals surface area contributed by atoms with E-state index in [0.717, 1.165) is 10.3 Å². The lowest BCUT2D eigenvalue weighted by atomic mass is 10.2. The molecule has 0 N–H and O–H groups in total. The number of thiazole rings is 1. The summed E-state index contributed by atoms with van der Waals surface area (Å²) in [6.07, 6.45) is 3.34. The Morgan fingerprint density at radius 2 is 1.76 bits per heavy atom. The molecular formula is C24H23N3O4S2. The lowest BCUT2D eigenvalue weighted by molar-refractivity contribution is 0.0985. The molecule has 2 aromatic carbocycles. The number of rotatable bonds is 7. The molecule has 4 aromatic rings. The Hall–Kier alpha value is -3.30. The zero-order chi connectivity index (χ0) is 23.6. The topological polar surface area (TPSA) is 89.5 Å². The number of carbonyl (C=O) groups is 1. The summed E-state index contributed by atoms with van der Waals surface area (Å²) in [6, 6.07) is 15.4. The quantitative estimate of drug-likeness (QED) is 0.379. The van der Waals surface area contributed by atoms with E-state index in [4.69, 9.17) is 9.72 Å². The fourth-order valence-electron chi connectivity index (χ4n) is 3.30. The van der Waals surface area contributed by atoms with Gasteiger partial charge in [0.1, 0.15) is 11.3 Å². The Kier molecular flexibility index (Phi) is 6.44. The maximum atomic E-state index is 13.6. The Bertz CT molecular complexity index is 1380. The average molecular weight is 482 g/mol. The first-order valence-electron chi connectivity index (χ1n) is 10.3. The van der Waals surface area contributed by atoms with Crippen molar-refractivity contribution in [3.05, 3.63) is 78.1 Å². The van der Waals surface area contributed by atoms with Crippen LogP contribution in [-0.2, 0) is 16.4 Å². The predicted octanol–water partition coefficient (Wildman–Crippen LogP) is 4.73. The van der Waals surface area contributed by atoms with Crippen LogP contribution in [0.15, 0.2) is 71.9 Å². The summed E-state index contributed by atoms with van der Waals surface area (Å²) in [4.78, 5) is 24.1. The van der Waals surface area contributed by atoms with Crippen molar-refractivity contribution >= 4 is 42.4 Å². The number of sulfone groups is 1. The molecule has 0 spiro atoms. The van der Waals surface area contributed by atoms with Gasteiger partial charge in [0, 0.05) is 18.0 Å². The SMILES string of the molecule is COc1cccc2sc(N(Cc3ccncc3)C(=O)c3ccc(S(=O)(=O)C(C)C)cc3)nc12. The van der Waals surface area contributed by atoms with Crippen LogP contribution < -0.4 is 9.64 Å². The fraction of sp³-hybridized carbons (Fsp3) is 0.208. The molecule has 4 rings (SSSR count). The number of nitrogens with zero attached hydrogens (tertiary/aromatic N) is 3. The molecule has 170 valence electrons. The normalized spacial score (nSPS) is 11.6. The van der Waals surface area contributed by atoms with Gasteiger partial charge in [-0.05, 0) is 67.9 Å². The zero-order valence-electron chi connectivity index (χ0n) is 18.4. The van der Waals surface area contributed by atoms with Gasteiger partial charge >= 0.3 is 0 Å². The summed E-state index contributed by atoms with van der Waals surface area (Å²) in [6.45, 7) is 3.55. The van der Waals surface area contributed by atoms with Crippen molar-refractivity contribution in [3.8, 4) is 5.75 Å². The Morgan fingerprint density at radius 3 is 2.39 bits per heavy atom. The molecule has 0 radical (unpaired) electrons. The third kappa shape index (κ3) is 4.60. The van der Waals surface area contributed by atoms with Crippen LogP contribution in [0.2, 0.25) is 0 Å². The van der Waals surface area contributed by atoms with Gasteiger partial charge in [0.2, 0.25) is 0 Å². The van der Waals surface area contributed by atoms with Crippen molar-refractivity contribution in [1.82, 2.24) is 9.97 Å². The van der Waals surface area contributed by atoms with E-state index >= 15 is 0 Å². The molecule has 0 bridgehead atoms. The molecule has 0 unspecified atom stereocenters. The lowest BCUT2D eigenvalue weighted by Crippen LogP contribution is -2.30. The van der Waals surface area contributed by atoms with Gasteiger partial charge in [-0.2, -0.15) is 0 Å². The summed E-state index contributed by atoms with van der Waals surface area (Å²) in [5, 5.41) is -0.0184. The highest BCUT2D eigenvalue weighted by Gasteiger charge is 2.24. The smallest absolute Gasteiger partial charge is 0.260 e. The molecule has 2 heterocycles. The van der Waals surface area contributed by atoms with Crippen molar-refractivity contribution in [1.29, 1.82) is 0 Å². The lowest BCUT2D eigenvalue weighted by Gasteiger charge is -2.20. The number of hydrogen-bond donors (Lipinski definition) is 0. The molecule has 0 aliphatic heterocycles. The number of aromatic nitrogens is 2. The van der Waals surface area contributed by atoms with E-state index in [2.05, 4.69) is 4.98 Å². The van der Waals surface area contributed by atoms with Crippen LogP contribution in [0.5, 0.6) is 5.75 Å². The summed E-state index contributed by atoms with van der Waals surface area (Å²) in [5.41, 5.74) is 1.95. The van der Waals surface area contributed by atoms with Crippen LogP contribution in [0.1, 0.15) is 29.8 Å². The van der Waals surface area contributed by atoms with Crippen LogP contribution in [0.25, 0.3) is 10.2 Å². The first-order chi connectivity index (χ1) is 15.8. The second-order valence-electron chi connectivity index (χ2n) is 7.67. The summed E-state index contributed by atoms with van der Waals surface area (Å²) in [5.74, 6) is 0.355. The molecule has 33 heavy (non-hydrogen) atoms. The van der Waals surface area contributed by atoms with Crippen molar-refractivity contribution in [2.45, 2.75) is 30.5 Å². The number of carbonyl (C=O) groups excluding carboxylic acids is 1. The van der Waals surface area contributed by atoms with Crippen molar-refractivity contribution in [3.63, 3.8) is 0 Å². The van der Waals surface area contributed by atoms with E-state index in [-0.39, 0.29) is 17.3 Å². The molecular weight excluding hydrogens is 458 g/mol. The molecule has 0 atom stereocenters. The van der Waals surface area contributed by atoms with Gasteiger partial charge in [-0.1, -0.05) is 17.4 Å². The minimum atomic E-state index is -3.42. The second kappa shape index (κ2) is 9.29. The number of ether oxygens (including phenoxy) is 1. The molecule has 7 nitrogen and oxygen atoms in total. The molecule has 2 aromatic heterocycles. The van der Waals surface area contributed by atoms with Crippen molar-refractivity contribution < 1.29 is 17.9 Å². The number of para-hydroxylation sites is 1. The molecule has 0 aliphatic rings. The monoisotopic (exact) mass is 481 g/mol. The first-order valence-corrected chi connectivity index (χ1v) is 12.7. The average Bonchev–Trinajstić information content (AvgIpc) is 3.27. The number of pyridine rings is 1. The van der Waals surface area contributed by atoms with Gasteiger partial charge in [0.15, 0.2) is 15.0 Å². The van der Waals surface area contributed by atoms with E-state index < -0.39 is 15.1 Å². The Labute approximate surface area is 196 Å². The van der Waals surface area contributed by atoms with Crippen LogP contribution in [0.3, 0.4) is 0 Å². The molecule has 0 saturated carbocycles. The third-order valence-electron chi connectivity index (χ3n) is 5.21. The van der Waals surface area contributed by atoms with Crippen LogP contribution in [-0.4, -0.2) is 36.7 Å². The molecule has 0 saturated heterocycles. The van der Waals surface area contributed by atoms with Gasteiger partial charge in [-0.25, -0.2) is 13.4 Å². The van der Waals surface area contributed by atoms with Crippen molar-refractivity contribution in [2.24, 2.45) is 0 Å². The van der Waals surface area contributed by atoms with E-state index in [9.17, 15) is 13.2 Å². The maximum absolute atomic E-state index is 13.6. The number of hydrogen-bond acceptors (Lipinski definition) is 7. The largest absolute Gasteiger partial charge is 0.494 e. The highest BCUT2D eigenvalue weighted by molar-refractivity contribution is 7.92. The Balaban J connectivity index is 1.74. The third-order valence-corrected chi connectivity index (χ3v) is 8.42. The number of amides is 1. The number of anilines is 1. The predicted molar refractivity (Wildman–Crippen MR) is 130 cm³/mol.